The second-order valence-corrected chi connectivity index (χ2v) is 8.14. The lowest BCUT2D eigenvalue weighted by molar-refractivity contribution is -0.00546. The van der Waals surface area contributed by atoms with Gasteiger partial charge in [-0.25, -0.2) is 13.2 Å². The van der Waals surface area contributed by atoms with E-state index in [-0.39, 0.29) is 44.6 Å². The number of halogens is 3. The lowest BCUT2D eigenvalue weighted by Gasteiger charge is -2.37. The number of carbonyl (C=O) groups excluding carboxylic acids is 1. The molecule has 2 aromatic carbocycles. The Kier molecular flexibility index (Phi) is 5.57. The first-order chi connectivity index (χ1) is 14.4. The second-order valence-electron chi connectivity index (χ2n) is 7.16. The highest BCUT2D eigenvalue weighted by molar-refractivity contribution is 7.17. The van der Waals surface area contributed by atoms with Crippen molar-refractivity contribution in [3.8, 4) is 21.1 Å². The monoisotopic (exact) mass is 433 g/mol. The summed E-state index contributed by atoms with van der Waals surface area (Å²) in [5.41, 5.74) is -0.0571. The molecule has 5 nitrogen and oxygen atoms in total. The van der Waals surface area contributed by atoms with Gasteiger partial charge in [-0.2, -0.15) is 0 Å². The van der Waals surface area contributed by atoms with Crippen molar-refractivity contribution in [3.05, 3.63) is 53.3 Å². The van der Waals surface area contributed by atoms with Crippen LogP contribution in [-0.2, 0) is 4.74 Å². The average molecular weight is 433 g/mol. The number of morpholine rings is 1. The first kappa shape index (κ1) is 20.5. The van der Waals surface area contributed by atoms with Crippen LogP contribution in [0.2, 0.25) is 0 Å². The summed E-state index contributed by atoms with van der Waals surface area (Å²) in [6, 6.07) is 7.25. The number of hydrogen-bond donors (Lipinski definition) is 0. The highest BCUT2D eigenvalue weighted by Gasteiger charge is 2.30. The Morgan fingerprint density at radius 2 is 1.67 bits per heavy atom. The van der Waals surface area contributed by atoms with E-state index in [9.17, 15) is 9.18 Å². The van der Waals surface area contributed by atoms with Gasteiger partial charge in [0, 0.05) is 24.2 Å². The first-order valence-corrected chi connectivity index (χ1v) is 10.2. The maximum Gasteiger partial charge on any atom is 0.183 e. The average Bonchev–Trinajstić information content (AvgIpc) is 3.19. The van der Waals surface area contributed by atoms with E-state index in [0.29, 0.717) is 19.4 Å². The molecule has 2 unspecified atom stereocenters. The third-order valence-electron chi connectivity index (χ3n) is 4.83. The molecule has 0 saturated carbocycles. The highest BCUT2D eigenvalue weighted by Crippen LogP contribution is 2.37. The van der Waals surface area contributed by atoms with Crippen molar-refractivity contribution < 1.29 is 22.7 Å². The van der Waals surface area contributed by atoms with Crippen molar-refractivity contribution in [1.29, 1.82) is 0 Å². The van der Waals surface area contributed by atoms with Crippen LogP contribution in [0.25, 0.3) is 21.1 Å². The molecule has 0 bridgehead atoms. The zero-order valence-corrected chi connectivity index (χ0v) is 17.0. The van der Waals surface area contributed by atoms with E-state index in [1.807, 2.05) is 13.8 Å². The fourth-order valence-electron chi connectivity index (χ4n) is 3.64. The Morgan fingerprint density at radius 3 is 2.30 bits per heavy atom. The summed E-state index contributed by atoms with van der Waals surface area (Å²) in [6.45, 7) is 4.32. The molecule has 0 radical (unpaired) electrons. The van der Waals surface area contributed by atoms with E-state index in [1.54, 1.807) is 11.0 Å². The normalized spacial score (nSPS) is 19.2. The molecule has 0 aliphatic carbocycles. The lowest BCUT2D eigenvalue weighted by atomic mass is 10.1. The number of anilines is 1. The summed E-state index contributed by atoms with van der Waals surface area (Å²) in [5, 5.41) is 8.09. The van der Waals surface area contributed by atoms with Gasteiger partial charge in [0.25, 0.3) is 0 Å². The van der Waals surface area contributed by atoms with Crippen LogP contribution in [0, 0.1) is 17.5 Å². The molecule has 0 N–H and O–H groups in total. The van der Waals surface area contributed by atoms with E-state index in [2.05, 4.69) is 10.2 Å². The predicted molar refractivity (Wildman–Crippen MR) is 108 cm³/mol. The van der Waals surface area contributed by atoms with Crippen molar-refractivity contribution >= 4 is 23.3 Å². The maximum absolute atomic E-state index is 15.1. The van der Waals surface area contributed by atoms with E-state index < -0.39 is 17.5 Å². The maximum atomic E-state index is 15.1. The standard InChI is InChI=1S/C21H18F3N3O2S/c1-11-8-27(9-12(2)29-11)19-13(10-28)7-15(17(23)18(19)24)21-26-25-20(30-21)14-5-3-4-6-16(14)22/h3-7,10-12H,8-9H2,1-2H3. The molecule has 1 aliphatic heterocycles. The summed E-state index contributed by atoms with van der Waals surface area (Å²) >= 11 is 0.919. The van der Waals surface area contributed by atoms with Gasteiger partial charge in [0.2, 0.25) is 0 Å². The van der Waals surface area contributed by atoms with Crippen LogP contribution in [0.4, 0.5) is 18.9 Å². The fourth-order valence-corrected chi connectivity index (χ4v) is 4.52. The fraction of sp³-hybridized carbons (Fsp3) is 0.286. The minimum absolute atomic E-state index is 0.00726. The Labute approximate surface area is 175 Å². The Morgan fingerprint density at radius 1 is 1.03 bits per heavy atom. The molecule has 1 saturated heterocycles. The van der Waals surface area contributed by atoms with E-state index in [1.165, 1.54) is 24.3 Å². The van der Waals surface area contributed by atoms with E-state index in [4.69, 9.17) is 4.74 Å². The molecular formula is C21H18F3N3O2S. The molecule has 2 heterocycles. The smallest absolute Gasteiger partial charge is 0.183 e. The molecule has 1 aromatic heterocycles. The molecule has 3 aromatic rings. The van der Waals surface area contributed by atoms with Gasteiger partial charge in [-0.05, 0) is 32.0 Å². The summed E-state index contributed by atoms with van der Waals surface area (Å²) in [5.74, 6) is -2.75. The van der Waals surface area contributed by atoms with Gasteiger partial charge in [-0.3, -0.25) is 4.79 Å². The molecule has 1 aliphatic rings. The van der Waals surface area contributed by atoms with Crippen molar-refractivity contribution in [1.82, 2.24) is 10.2 Å². The van der Waals surface area contributed by atoms with Crippen LogP contribution in [0.15, 0.2) is 30.3 Å². The van der Waals surface area contributed by atoms with E-state index in [0.717, 1.165) is 11.3 Å². The summed E-state index contributed by atoms with van der Waals surface area (Å²) in [7, 11) is 0. The lowest BCUT2D eigenvalue weighted by Crippen LogP contribution is -2.46. The van der Waals surface area contributed by atoms with Crippen LogP contribution >= 0.6 is 11.3 Å². The van der Waals surface area contributed by atoms with Gasteiger partial charge >= 0.3 is 0 Å². The SMILES string of the molecule is CC1CN(c2c(C=O)cc(-c3nnc(-c4ccccc4F)s3)c(F)c2F)CC(C)O1. The van der Waals surface area contributed by atoms with Crippen molar-refractivity contribution in [2.75, 3.05) is 18.0 Å². The van der Waals surface area contributed by atoms with E-state index >= 15 is 8.78 Å². The minimum atomic E-state index is -1.13. The summed E-state index contributed by atoms with van der Waals surface area (Å²) < 4.78 is 49.8. The number of rotatable bonds is 4. The molecule has 30 heavy (non-hydrogen) atoms. The molecular weight excluding hydrogens is 415 g/mol. The number of ether oxygens (including phenoxy) is 1. The van der Waals surface area contributed by atoms with Crippen LogP contribution in [-0.4, -0.2) is 41.8 Å². The van der Waals surface area contributed by atoms with Gasteiger partial charge < -0.3 is 9.64 Å². The molecule has 0 spiro atoms. The minimum Gasteiger partial charge on any atom is -0.372 e. The number of nitrogens with zero attached hydrogens (tertiary/aromatic N) is 3. The molecule has 9 heteroatoms. The zero-order chi connectivity index (χ0) is 21.4. The molecule has 2 atom stereocenters. The Hall–Kier alpha value is -2.78. The van der Waals surface area contributed by atoms with Crippen LogP contribution in [0.3, 0.4) is 0 Å². The van der Waals surface area contributed by atoms with Gasteiger partial charge in [-0.1, -0.05) is 23.5 Å². The van der Waals surface area contributed by atoms with Crippen molar-refractivity contribution in [3.63, 3.8) is 0 Å². The largest absolute Gasteiger partial charge is 0.372 e. The van der Waals surface area contributed by atoms with Gasteiger partial charge in [0.1, 0.15) is 5.82 Å². The quantitative estimate of drug-likeness (QED) is 0.558. The Bertz CT molecular complexity index is 1100. The van der Waals surface area contributed by atoms with Crippen molar-refractivity contribution in [2.24, 2.45) is 0 Å². The van der Waals surface area contributed by atoms with Crippen LogP contribution in [0.5, 0.6) is 0 Å². The van der Waals surface area contributed by atoms with Crippen molar-refractivity contribution in [2.45, 2.75) is 26.1 Å². The molecule has 4 rings (SSSR count). The topological polar surface area (TPSA) is 55.3 Å². The number of hydrogen-bond acceptors (Lipinski definition) is 6. The number of aromatic nitrogens is 2. The number of carbonyl (C=O) groups is 1. The van der Waals surface area contributed by atoms with Crippen LogP contribution < -0.4 is 4.90 Å². The molecule has 1 fully saturated rings. The molecule has 156 valence electrons. The van der Waals surface area contributed by atoms with Gasteiger partial charge in [0.15, 0.2) is 27.9 Å². The molecule has 0 amide bonds. The highest BCUT2D eigenvalue weighted by atomic mass is 32.1. The third kappa shape index (κ3) is 3.70. The zero-order valence-electron chi connectivity index (χ0n) is 16.2. The predicted octanol–water partition coefficient (Wildman–Crippen LogP) is 4.72. The van der Waals surface area contributed by atoms with Gasteiger partial charge in [-0.15, -0.1) is 10.2 Å². The summed E-state index contributed by atoms with van der Waals surface area (Å²) in [4.78, 5) is 13.3. The number of aldehydes is 1. The number of benzene rings is 2. The Balaban J connectivity index is 1.77. The first-order valence-electron chi connectivity index (χ1n) is 9.35. The summed E-state index contributed by atoms with van der Waals surface area (Å²) in [6.07, 6.45) is 0.106. The van der Waals surface area contributed by atoms with Crippen LogP contribution in [0.1, 0.15) is 24.2 Å². The van der Waals surface area contributed by atoms with Gasteiger partial charge in [0.05, 0.1) is 23.5 Å². The second kappa shape index (κ2) is 8.16. The third-order valence-corrected chi connectivity index (χ3v) is 5.82.